The van der Waals surface area contributed by atoms with Crippen molar-refractivity contribution in [3.8, 4) is 11.5 Å². The number of aromatic hydroxyl groups is 2. The molecule has 2 aromatic rings. The molecule has 0 aromatic heterocycles. The number of aliphatic hydroxyl groups is 2. The Morgan fingerprint density at radius 1 is 1.12 bits per heavy atom. The van der Waals surface area contributed by atoms with E-state index in [-0.39, 0.29) is 52.7 Å². The first kappa shape index (κ1) is 16.8. The van der Waals surface area contributed by atoms with Gasteiger partial charge in [0, 0.05) is 23.1 Å². The Labute approximate surface area is 149 Å². The number of carbonyl (C=O) groups is 2. The number of fused-ring (bicyclic) bond motifs is 2. The highest BCUT2D eigenvalue weighted by molar-refractivity contribution is 6.30. The molecule has 2 aliphatic rings. The van der Waals surface area contributed by atoms with Crippen LogP contribution >= 0.6 is 0 Å². The van der Waals surface area contributed by atoms with Gasteiger partial charge in [-0.3, -0.25) is 9.59 Å². The molecule has 0 radical (unpaired) electrons. The van der Waals surface area contributed by atoms with E-state index in [2.05, 4.69) is 0 Å². The van der Waals surface area contributed by atoms with Gasteiger partial charge in [0.15, 0.2) is 11.6 Å². The number of benzene rings is 2. The largest absolute Gasteiger partial charge is 0.507 e. The Balaban J connectivity index is 1.95. The fourth-order valence-corrected chi connectivity index (χ4v) is 3.96. The summed E-state index contributed by atoms with van der Waals surface area (Å²) in [5.74, 6) is -1.48. The van der Waals surface area contributed by atoms with Crippen LogP contribution in [0.4, 0.5) is 0 Å². The second-order valence-corrected chi connectivity index (χ2v) is 7.09. The number of phenolic OH excluding ortho intramolecular Hbond substituents is 2. The van der Waals surface area contributed by atoms with Gasteiger partial charge in [0.2, 0.25) is 0 Å². The van der Waals surface area contributed by atoms with Crippen LogP contribution in [0.2, 0.25) is 0 Å². The summed E-state index contributed by atoms with van der Waals surface area (Å²) in [6.45, 7) is 1.46. The van der Waals surface area contributed by atoms with E-state index in [1.165, 1.54) is 19.1 Å². The lowest BCUT2D eigenvalue weighted by atomic mass is 9.70. The van der Waals surface area contributed by atoms with Crippen LogP contribution in [0.3, 0.4) is 0 Å². The van der Waals surface area contributed by atoms with Crippen molar-refractivity contribution in [1.29, 1.82) is 0 Å². The molecule has 0 amide bonds. The predicted octanol–water partition coefficient (Wildman–Crippen LogP) is 2.22. The molecular formula is C20H18O6. The van der Waals surface area contributed by atoms with Gasteiger partial charge in [-0.15, -0.1) is 0 Å². The average molecular weight is 354 g/mol. The van der Waals surface area contributed by atoms with E-state index in [1.807, 2.05) is 0 Å². The molecule has 6 nitrogen and oxygen atoms in total. The van der Waals surface area contributed by atoms with E-state index in [1.54, 1.807) is 12.1 Å². The second kappa shape index (κ2) is 5.40. The Hall–Kier alpha value is -2.70. The summed E-state index contributed by atoms with van der Waals surface area (Å²) in [7, 11) is 0. The highest BCUT2D eigenvalue weighted by Gasteiger charge is 2.45. The quantitative estimate of drug-likeness (QED) is 0.624. The monoisotopic (exact) mass is 354 g/mol. The molecule has 0 bridgehead atoms. The summed E-state index contributed by atoms with van der Waals surface area (Å²) in [5, 5.41) is 41.6. The minimum Gasteiger partial charge on any atom is -0.507 e. The standard InChI is InChI=1S/C20H18O6/c1-9(21)20(26)6-5-11-13(8-20)17(23)12-7-10-3-2-4-14(22)15(10)19(25)16(12)18(11)24/h2-4,7,9,21-22,25-26H,5-6,8H2,1H3/t9?,20-/m1/s1. The summed E-state index contributed by atoms with van der Waals surface area (Å²) < 4.78 is 0. The van der Waals surface area contributed by atoms with Crippen LogP contribution in [-0.4, -0.2) is 43.7 Å². The van der Waals surface area contributed by atoms with E-state index in [9.17, 15) is 30.0 Å². The molecule has 4 rings (SSSR count). The summed E-state index contributed by atoms with van der Waals surface area (Å²) in [4.78, 5) is 26.0. The van der Waals surface area contributed by atoms with E-state index >= 15 is 0 Å². The number of hydrogen-bond acceptors (Lipinski definition) is 6. The lowest BCUT2D eigenvalue weighted by molar-refractivity contribution is -0.0736. The number of phenols is 2. The highest BCUT2D eigenvalue weighted by Crippen LogP contribution is 2.46. The second-order valence-electron chi connectivity index (χ2n) is 7.09. The molecule has 1 unspecified atom stereocenters. The Kier molecular flexibility index (Phi) is 3.48. The first-order valence-corrected chi connectivity index (χ1v) is 8.44. The summed E-state index contributed by atoms with van der Waals surface area (Å²) >= 11 is 0. The molecule has 0 saturated heterocycles. The first-order valence-electron chi connectivity index (χ1n) is 8.44. The molecule has 0 fully saturated rings. The summed E-state index contributed by atoms with van der Waals surface area (Å²) in [6.07, 6.45) is -0.859. The van der Waals surface area contributed by atoms with Crippen molar-refractivity contribution in [1.82, 2.24) is 0 Å². The molecule has 0 saturated carbocycles. The number of aliphatic hydroxyl groups excluding tert-OH is 1. The van der Waals surface area contributed by atoms with Crippen LogP contribution in [0.15, 0.2) is 35.4 Å². The van der Waals surface area contributed by atoms with Gasteiger partial charge in [-0.1, -0.05) is 12.1 Å². The van der Waals surface area contributed by atoms with Gasteiger partial charge in [-0.2, -0.15) is 0 Å². The fraction of sp³-hybridized carbons (Fsp3) is 0.300. The fourth-order valence-electron chi connectivity index (χ4n) is 3.96. The van der Waals surface area contributed by atoms with E-state index < -0.39 is 29.0 Å². The van der Waals surface area contributed by atoms with Crippen molar-refractivity contribution in [3.05, 3.63) is 46.5 Å². The van der Waals surface area contributed by atoms with Crippen molar-refractivity contribution in [2.45, 2.75) is 37.9 Å². The van der Waals surface area contributed by atoms with Crippen molar-refractivity contribution in [2.75, 3.05) is 0 Å². The zero-order valence-corrected chi connectivity index (χ0v) is 14.1. The van der Waals surface area contributed by atoms with Gasteiger partial charge >= 0.3 is 0 Å². The SMILES string of the molecule is CC(O)[C@@]1(O)CCC2=C(C1)C(=O)c1cc3cccc(O)c3c(O)c1C2=O. The van der Waals surface area contributed by atoms with Crippen molar-refractivity contribution >= 4 is 22.3 Å². The van der Waals surface area contributed by atoms with Gasteiger partial charge in [0.25, 0.3) is 0 Å². The Bertz CT molecular complexity index is 1020. The highest BCUT2D eigenvalue weighted by atomic mass is 16.3. The van der Waals surface area contributed by atoms with Crippen LogP contribution in [0.25, 0.3) is 10.8 Å². The van der Waals surface area contributed by atoms with Gasteiger partial charge in [-0.05, 0) is 37.3 Å². The summed E-state index contributed by atoms with van der Waals surface area (Å²) in [5.41, 5.74) is -1.05. The minimum absolute atomic E-state index is 0.0548. The van der Waals surface area contributed by atoms with Crippen molar-refractivity contribution in [3.63, 3.8) is 0 Å². The van der Waals surface area contributed by atoms with Crippen LogP contribution in [0.5, 0.6) is 11.5 Å². The van der Waals surface area contributed by atoms with E-state index in [0.717, 1.165) is 0 Å². The molecule has 2 atom stereocenters. The zero-order valence-electron chi connectivity index (χ0n) is 14.1. The molecule has 2 aliphatic carbocycles. The predicted molar refractivity (Wildman–Crippen MR) is 93.4 cm³/mol. The number of carbonyl (C=O) groups excluding carboxylic acids is 2. The van der Waals surface area contributed by atoms with Crippen LogP contribution in [-0.2, 0) is 0 Å². The maximum Gasteiger partial charge on any atom is 0.193 e. The normalized spacial score (nSPS) is 23.8. The molecule has 0 spiro atoms. The zero-order chi connectivity index (χ0) is 18.8. The Morgan fingerprint density at radius 2 is 1.85 bits per heavy atom. The van der Waals surface area contributed by atoms with Gasteiger partial charge < -0.3 is 20.4 Å². The number of hydrogen-bond donors (Lipinski definition) is 4. The maximum atomic E-state index is 13.0. The number of Topliss-reactive ketones (excluding diaryl/α,β-unsaturated/α-hetero) is 2. The van der Waals surface area contributed by atoms with Gasteiger partial charge in [-0.25, -0.2) is 0 Å². The minimum atomic E-state index is -1.45. The molecule has 0 aliphatic heterocycles. The van der Waals surface area contributed by atoms with E-state index in [0.29, 0.717) is 5.39 Å². The molecule has 0 heterocycles. The molecule has 6 heteroatoms. The molecule has 4 N–H and O–H groups in total. The van der Waals surface area contributed by atoms with Gasteiger partial charge in [0.1, 0.15) is 11.5 Å². The molecule has 2 aromatic carbocycles. The first-order chi connectivity index (χ1) is 12.2. The van der Waals surface area contributed by atoms with Crippen molar-refractivity contribution in [2.24, 2.45) is 0 Å². The third kappa shape index (κ3) is 2.12. The Morgan fingerprint density at radius 3 is 2.54 bits per heavy atom. The number of allylic oxidation sites excluding steroid dienone is 1. The topological polar surface area (TPSA) is 115 Å². The van der Waals surface area contributed by atoms with Crippen LogP contribution in [0, 0.1) is 0 Å². The lowest BCUT2D eigenvalue weighted by Gasteiger charge is -2.38. The van der Waals surface area contributed by atoms with Gasteiger partial charge in [0.05, 0.1) is 22.7 Å². The third-order valence-corrected chi connectivity index (χ3v) is 5.57. The van der Waals surface area contributed by atoms with E-state index in [4.69, 9.17) is 0 Å². The molecule has 134 valence electrons. The third-order valence-electron chi connectivity index (χ3n) is 5.57. The smallest absolute Gasteiger partial charge is 0.193 e. The molecule has 26 heavy (non-hydrogen) atoms. The number of rotatable bonds is 1. The summed E-state index contributed by atoms with van der Waals surface area (Å²) in [6, 6.07) is 6.08. The maximum absolute atomic E-state index is 13.0. The lowest BCUT2D eigenvalue weighted by Crippen LogP contribution is -2.45. The molecular weight excluding hydrogens is 336 g/mol. The van der Waals surface area contributed by atoms with Crippen molar-refractivity contribution < 1.29 is 30.0 Å². The van der Waals surface area contributed by atoms with Crippen LogP contribution in [0.1, 0.15) is 46.9 Å². The van der Waals surface area contributed by atoms with Crippen LogP contribution < -0.4 is 0 Å². The average Bonchev–Trinajstić information content (AvgIpc) is 2.59. The number of ketones is 2.